The number of aryl methyl sites for hydroxylation is 1. The van der Waals surface area contributed by atoms with Crippen LogP contribution in [0.4, 0.5) is 0 Å². The molecule has 1 nitrogen and oxygen atoms in total. The van der Waals surface area contributed by atoms with Gasteiger partial charge in [0, 0.05) is 11.3 Å². The van der Waals surface area contributed by atoms with Gasteiger partial charge >= 0.3 is 0 Å². The van der Waals surface area contributed by atoms with Crippen LogP contribution in [0.5, 0.6) is 0 Å². The summed E-state index contributed by atoms with van der Waals surface area (Å²) in [6, 6.07) is 14.1. The maximum Gasteiger partial charge on any atom is 0.149 e. The van der Waals surface area contributed by atoms with E-state index in [1.807, 2.05) is 35.7 Å². The van der Waals surface area contributed by atoms with Crippen LogP contribution in [0.2, 0.25) is 0 Å². The molecule has 0 radical (unpaired) electrons. The molecule has 0 fully saturated rings. The average molecular weight is 242 g/mol. The number of benzene rings is 1. The van der Waals surface area contributed by atoms with E-state index in [0.29, 0.717) is 0 Å². The van der Waals surface area contributed by atoms with E-state index in [2.05, 4.69) is 24.0 Å². The fourth-order valence-corrected chi connectivity index (χ4v) is 2.20. The second-order valence-electron chi connectivity index (χ2n) is 3.72. The SMILES string of the molecule is O[C@@H](C#CCCc1ccccc1)c1cccs1. The lowest BCUT2D eigenvalue weighted by Gasteiger charge is -1.98. The number of rotatable bonds is 3. The summed E-state index contributed by atoms with van der Waals surface area (Å²) < 4.78 is 0. The molecular formula is C15H14OS. The molecule has 17 heavy (non-hydrogen) atoms. The van der Waals surface area contributed by atoms with E-state index in [4.69, 9.17) is 0 Å². The summed E-state index contributed by atoms with van der Waals surface area (Å²) in [5, 5.41) is 11.7. The molecule has 0 aliphatic carbocycles. The van der Waals surface area contributed by atoms with Crippen molar-refractivity contribution in [1.29, 1.82) is 0 Å². The fraction of sp³-hybridized carbons (Fsp3) is 0.200. The average Bonchev–Trinajstić information content (AvgIpc) is 2.89. The van der Waals surface area contributed by atoms with E-state index in [1.165, 1.54) is 16.9 Å². The summed E-state index contributed by atoms with van der Waals surface area (Å²) in [7, 11) is 0. The molecule has 0 saturated heterocycles. The number of thiophene rings is 1. The third-order valence-corrected chi connectivity index (χ3v) is 3.36. The molecule has 0 amide bonds. The zero-order chi connectivity index (χ0) is 11.9. The Labute approximate surface area is 106 Å². The van der Waals surface area contributed by atoms with Gasteiger partial charge in [-0.25, -0.2) is 0 Å². The molecule has 2 heteroatoms. The van der Waals surface area contributed by atoms with Crippen molar-refractivity contribution >= 4 is 11.3 Å². The second kappa shape index (κ2) is 6.24. The van der Waals surface area contributed by atoms with Crippen molar-refractivity contribution in [3.63, 3.8) is 0 Å². The Balaban J connectivity index is 1.83. The van der Waals surface area contributed by atoms with E-state index in [1.54, 1.807) is 0 Å². The van der Waals surface area contributed by atoms with Crippen LogP contribution in [0.15, 0.2) is 47.8 Å². The van der Waals surface area contributed by atoms with Crippen molar-refractivity contribution < 1.29 is 5.11 Å². The zero-order valence-electron chi connectivity index (χ0n) is 9.47. The molecule has 1 aromatic heterocycles. The van der Waals surface area contributed by atoms with Gasteiger partial charge in [0.25, 0.3) is 0 Å². The summed E-state index contributed by atoms with van der Waals surface area (Å²) in [5.41, 5.74) is 1.28. The number of aliphatic hydroxyl groups is 1. The highest BCUT2D eigenvalue weighted by molar-refractivity contribution is 7.10. The molecule has 0 aliphatic heterocycles. The minimum absolute atomic E-state index is 0.634. The van der Waals surface area contributed by atoms with Crippen molar-refractivity contribution in [2.45, 2.75) is 18.9 Å². The van der Waals surface area contributed by atoms with Crippen LogP contribution in [0.3, 0.4) is 0 Å². The van der Waals surface area contributed by atoms with Crippen molar-refractivity contribution in [3.8, 4) is 11.8 Å². The number of aliphatic hydroxyl groups excluding tert-OH is 1. The van der Waals surface area contributed by atoms with Gasteiger partial charge < -0.3 is 5.11 Å². The minimum atomic E-state index is -0.634. The molecule has 0 unspecified atom stereocenters. The first kappa shape index (κ1) is 11.9. The zero-order valence-corrected chi connectivity index (χ0v) is 10.3. The second-order valence-corrected chi connectivity index (χ2v) is 4.70. The molecule has 1 aromatic carbocycles. The number of hydrogen-bond acceptors (Lipinski definition) is 2. The maximum atomic E-state index is 9.74. The van der Waals surface area contributed by atoms with E-state index >= 15 is 0 Å². The first-order valence-electron chi connectivity index (χ1n) is 5.60. The number of hydrogen-bond donors (Lipinski definition) is 1. The largest absolute Gasteiger partial charge is 0.375 e. The molecular weight excluding hydrogens is 228 g/mol. The van der Waals surface area contributed by atoms with Crippen LogP contribution >= 0.6 is 11.3 Å². The molecule has 2 rings (SSSR count). The van der Waals surface area contributed by atoms with Crippen LogP contribution in [-0.2, 0) is 6.42 Å². The Hall–Kier alpha value is -1.56. The predicted octanol–water partition coefficient (Wildman–Crippen LogP) is 3.42. The van der Waals surface area contributed by atoms with Crippen LogP contribution in [0.25, 0.3) is 0 Å². The van der Waals surface area contributed by atoms with Crippen LogP contribution < -0.4 is 0 Å². The predicted molar refractivity (Wildman–Crippen MR) is 71.8 cm³/mol. The van der Waals surface area contributed by atoms with Gasteiger partial charge in [0.1, 0.15) is 6.10 Å². The lowest BCUT2D eigenvalue weighted by molar-refractivity contribution is 0.242. The summed E-state index contributed by atoms with van der Waals surface area (Å²) in [6.45, 7) is 0. The standard InChI is InChI=1S/C15H14OS/c16-14(15-11-6-12-17-15)10-5-4-9-13-7-2-1-3-8-13/h1-3,6-8,11-12,14,16H,4,9H2/t14-/m0/s1. The summed E-state index contributed by atoms with van der Waals surface area (Å²) in [5.74, 6) is 5.90. The van der Waals surface area contributed by atoms with Gasteiger partial charge in [-0.3, -0.25) is 0 Å². The molecule has 86 valence electrons. The van der Waals surface area contributed by atoms with Gasteiger partial charge in [0.05, 0.1) is 0 Å². The highest BCUT2D eigenvalue weighted by Crippen LogP contribution is 2.17. The molecule has 0 saturated carbocycles. The minimum Gasteiger partial charge on any atom is -0.375 e. The highest BCUT2D eigenvalue weighted by atomic mass is 32.1. The lowest BCUT2D eigenvalue weighted by Crippen LogP contribution is -1.89. The van der Waals surface area contributed by atoms with Crippen LogP contribution in [0, 0.1) is 11.8 Å². The van der Waals surface area contributed by atoms with Gasteiger partial charge in [-0.2, -0.15) is 0 Å². The Morgan fingerprint density at radius 3 is 2.65 bits per heavy atom. The normalized spacial score (nSPS) is 11.6. The van der Waals surface area contributed by atoms with E-state index < -0.39 is 6.10 Å². The maximum absolute atomic E-state index is 9.74. The van der Waals surface area contributed by atoms with Crippen LogP contribution in [-0.4, -0.2) is 5.11 Å². The highest BCUT2D eigenvalue weighted by Gasteiger charge is 2.02. The Morgan fingerprint density at radius 1 is 1.12 bits per heavy atom. The van der Waals surface area contributed by atoms with Gasteiger partial charge in [-0.05, 0) is 23.4 Å². The first-order valence-corrected chi connectivity index (χ1v) is 6.48. The third kappa shape index (κ3) is 3.74. The first-order chi connectivity index (χ1) is 8.36. The smallest absolute Gasteiger partial charge is 0.149 e. The lowest BCUT2D eigenvalue weighted by atomic mass is 10.1. The summed E-state index contributed by atoms with van der Waals surface area (Å²) >= 11 is 1.53. The molecule has 1 heterocycles. The van der Waals surface area contributed by atoms with E-state index in [9.17, 15) is 5.11 Å². The fourth-order valence-electron chi connectivity index (χ4n) is 1.54. The van der Waals surface area contributed by atoms with Gasteiger partial charge in [0.15, 0.2) is 0 Å². The van der Waals surface area contributed by atoms with Crippen molar-refractivity contribution in [2.75, 3.05) is 0 Å². The van der Waals surface area contributed by atoms with E-state index in [0.717, 1.165) is 17.7 Å². The van der Waals surface area contributed by atoms with Gasteiger partial charge in [-0.15, -0.1) is 11.3 Å². The molecule has 1 N–H and O–H groups in total. The molecule has 0 aliphatic rings. The Bertz CT molecular complexity index is 491. The third-order valence-electron chi connectivity index (χ3n) is 2.43. The summed E-state index contributed by atoms with van der Waals surface area (Å²) in [6.07, 6.45) is 1.09. The van der Waals surface area contributed by atoms with Crippen molar-refractivity contribution in [2.24, 2.45) is 0 Å². The van der Waals surface area contributed by atoms with Crippen molar-refractivity contribution in [1.82, 2.24) is 0 Å². The quantitative estimate of drug-likeness (QED) is 0.818. The van der Waals surface area contributed by atoms with E-state index in [-0.39, 0.29) is 0 Å². The molecule has 0 spiro atoms. The summed E-state index contributed by atoms with van der Waals surface area (Å²) in [4.78, 5) is 0.914. The molecule has 0 bridgehead atoms. The monoisotopic (exact) mass is 242 g/mol. The Morgan fingerprint density at radius 2 is 1.94 bits per heavy atom. The van der Waals surface area contributed by atoms with Gasteiger partial charge in [0.2, 0.25) is 0 Å². The van der Waals surface area contributed by atoms with Crippen molar-refractivity contribution in [3.05, 3.63) is 58.3 Å². The topological polar surface area (TPSA) is 20.2 Å². The Kier molecular flexibility index (Phi) is 4.37. The molecule has 2 aromatic rings. The van der Waals surface area contributed by atoms with Gasteiger partial charge in [-0.1, -0.05) is 48.2 Å². The van der Waals surface area contributed by atoms with Crippen LogP contribution in [0.1, 0.15) is 23.0 Å². The molecule has 1 atom stereocenters.